The van der Waals surface area contributed by atoms with Crippen molar-refractivity contribution < 1.29 is 33.3 Å². The molecule has 2 aromatic carbocycles. The van der Waals surface area contributed by atoms with E-state index in [9.17, 15) is 9.59 Å². The molecular weight excluding hydrogens is 472 g/mol. The minimum absolute atomic E-state index is 0.178. The third-order valence-corrected chi connectivity index (χ3v) is 6.43. The molecule has 7 heteroatoms. The second-order valence-corrected chi connectivity index (χ2v) is 11.2. The van der Waals surface area contributed by atoms with Crippen LogP contribution < -0.4 is 9.47 Å². The number of carbonyl (C=O) groups is 2. The highest BCUT2D eigenvalue weighted by atomic mass is 16.8. The van der Waals surface area contributed by atoms with Crippen LogP contribution in [0.2, 0.25) is 0 Å². The van der Waals surface area contributed by atoms with Gasteiger partial charge in [-0.25, -0.2) is 9.59 Å². The standard InChI is InChI=1S/C30H34O7/c1-29(2,3)19-13-17(9-11-23(31)33-7)25-21(15-19)27-36-26-18(10-12-24(32)34-8)14-20(30(4,5)6)16-22(26)28(35-25)37-27/h9-16,27-28H,1-8H3/b11-9+,12-10+. The number of rotatable bonds is 4. The van der Waals surface area contributed by atoms with Crippen molar-refractivity contribution >= 4 is 24.1 Å². The van der Waals surface area contributed by atoms with E-state index in [4.69, 9.17) is 23.7 Å². The summed E-state index contributed by atoms with van der Waals surface area (Å²) in [5.41, 5.74) is 4.62. The number of carbonyl (C=O) groups excluding carboxylic acids is 2. The lowest BCUT2D eigenvalue weighted by Crippen LogP contribution is -2.32. The number of hydrogen-bond donors (Lipinski definition) is 0. The van der Waals surface area contributed by atoms with Gasteiger partial charge in [-0.05, 0) is 58.4 Å². The zero-order valence-electron chi connectivity index (χ0n) is 22.6. The van der Waals surface area contributed by atoms with Gasteiger partial charge in [0, 0.05) is 23.3 Å². The molecule has 2 atom stereocenters. The van der Waals surface area contributed by atoms with Gasteiger partial charge in [-0.15, -0.1) is 0 Å². The lowest BCUT2D eigenvalue weighted by molar-refractivity contribution is -0.227. The predicted octanol–water partition coefficient (Wildman–Crippen LogP) is 6.15. The number of methoxy groups -OCH3 is 2. The predicted molar refractivity (Wildman–Crippen MR) is 140 cm³/mol. The minimum Gasteiger partial charge on any atom is -0.466 e. The summed E-state index contributed by atoms with van der Waals surface area (Å²) in [6.45, 7) is 12.6. The molecule has 2 unspecified atom stereocenters. The molecule has 0 N–H and O–H groups in total. The van der Waals surface area contributed by atoms with Crippen LogP contribution in [0.3, 0.4) is 0 Å². The zero-order chi connectivity index (χ0) is 27.1. The molecule has 2 heterocycles. The first-order valence-corrected chi connectivity index (χ1v) is 12.2. The number of fused-ring (bicyclic) bond motifs is 6. The second-order valence-electron chi connectivity index (χ2n) is 11.2. The summed E-state index contributed by atoms with van der Waals surface area (Å²) in [6.07, 6.45) is 4.66. The molecule has 2 aliphatic rings. The molecule has 37 heavy (non-hydrogen) atoms. The third-order valence-electron chi connectivity index (χ3n) is 6.43. The second kappa shape index (κ2) is 9.71. The lowest BCUT2D eigenvalue weighted by atomic mass is 9.83. The first-order valence-electron chi connectivity index (χ1n) is 12.2. The largest absolute Gasteiger partial charge is 0.466 e. The molecule has 0 fully saturated rings. The molecule has 0 spiro atoms. The van der Waals surface area contributed by atoms with Crippen LogP contribution in [0.15, 0.2) is 36.4 Å². The molecule has 2 bridgehead atoms. The van der Waals surface area contributed by atoms with Crippen LogP contribution in [0.1, 0.15) is 87.5 Å². The van der Waals surface area contributed by atoms with E-state index < -0.39 is 24.5 Å². The minimum atomic E-state index is -0.736. The Labute approximate surface area is 218 Å². The van der Waals surface area contributed by atoms with E-state index in [0.29, 0.717) is 11.5 Å². The highest BCUT2D eigenvalue weighted by Crippen LogP contribution is 2.52. The van der Waals surface area contributed by atoms with E-state index >= 15 is 0 Å². The molecule has 2 aliphatic heterocycles. The van der Waals surface area contributed by atoms with Gasteiger partial charge in [-0.3, -0.25) is 4.74 Å². The van der Waals surface area contributed by atoms with Gasteiger partial charge >= 0.3 is 11.9 Å². The van der Waals surface area contributed by atoms with Crippen LogP contribution in [-0.2, 0) is 34.6 Å². The fourth-order valence-electron chi connectivity index (χ4n) is 4.19. The van der Waals surface area contributed by atoms with Crippen LogP contribution >= 0.6 is 0 Å². The Morgan fingerprint density at radius 2 is 1.08 bits per heavy atom. The molecule has 2 aromatic rings. The summed E-state index contributed by atoms with van der Waals surface area (Å²) >= 11 is 0. The fourth-order valence-corrected chi connectivity index (χ4v) is 4.19. The molecule has 0 radical (unpaired) electrons. The zero-order valence-corrected chi connectivity index (χ0v) is 22.6. The van der Waals surface area contributed by atoms with Crippen LogP contribution in [0.25, 0.3) is 12.2 Å². The molecule has 4 rings (SSSR count). The molecule has 196 valence electrons. The highest BCUT2D eigenvalue weighted by molar-refractivity contribution is 5.88. The summed E-state index contributed by atoms with van der Waals surface area (Å²) in [7, 11) is 2.68. The third kappa shape index (κ3) is 5.42. The maximum absolute atomic E-state index is 11.9. The Balaban J connectivity index is 1.87. The average molecular weight is 507 g/mol. The van der Waals surface area contributed by atoms with E-state index in [1.165, 1.54) is 26.4 Å². The number of hydrogen-bond acceptors (Lipinski definition) is 7. The Kier molecular flexibility index (Phi) is 6.95. The Hall–Kier alpha value is -3.58. The summed E-state index contributed by atoms with van der Waals surface area (Å²) in [6, 6.07) is 8.06. The number of esters is 2. The van der Waals surface area contributed by atoms with Gasteiger partial charge in [0.05, 0.1) is 25.3 Å². The van der Waals surface area contributed by atoms with Gasteiger partial charge in [0.25, 0.3) is 0 Å². The Morgan fingerprint density at radius 1 is 0.703 bits per heavy atom. The van der Waals surface area contributed by atoms with Crippen LogP contribution in [-0.4, -0.2) is 26.2 Å². The first kappa shape index (κ1) is 26.5. The van der Waals surface area contributed by atoms with Crippen molar-refractivity contribution in [2.45, 2.75) is 65.0 Å². The smallest absolute Gasteiger partial charge is 0.330 e. The van der Waals surface area contributed by atoms with Gasteiger partial charge in [-0.1, -0.05) is 41.5 Å². The first-order chi connectivity index (χ1) is 17.3. The van der Waals surface area contributed by atoms with Gasteiger partial charge < -0.3 is 18.9 Å². The van der Waals surface area contributed by atoms with Crippen molar-refractivity contribution in [2.24, 2.45) is 0 Å². The maximum atomic E-state index is 11.9. The number of benzene rings is 2. The van der Waals surface area contributed by atoms with Gasteiger partial charge in [0.15, 0.2) is 0 Å². The van der Waals surface area contributed by atoms with Crippen LogP contribution in [0, 0.1) is 0 Å². The SMILES string of the molecule is COC(=O)/C=C/c1cc(C(C)(C)C)cc2c1OC1OC2Oc2c(/C=C/C(=O)OC)cc(C(C)(C)C)cc21. The van der Waals surface area contributed by atoms with Gasteiger partial charge in [0.1, 0.15) is 11.5 Å². The van der Waals surface area contributed by atoms with Crippen molar-refractivity contribution in [2.75, 3.05) is 14.2 Å². The highest BCUT2D eigenvalue weighted by Gasteiger charge is 2.41. The van der Waals surface area contributed by atoms with E-state index in [0.717, 1.165) is 33.4 Å². The van der Waals surface area contributed by atoms with E-state index in [-0.39, 0.29) is 10.8 Å². The monoisotopic (exact) mass is 506 g/mol. The lowest BCUT2D eigenvalue weighted by Gasteiger charge is -2.40. The summed E-state index contributed by atoms with van der Waals surface area (Å²) in [5, 5.41) is 0. The quantitative estimate of drug-likeness (QED) is 0.363. The fraction of sp³-hybridized carbons (Fsp3) is 0.400. The van der Waals surface area contributed by atoms with Gasteiger partial charge in [0.2, 0.25) is 12.6 Å². The van der Waals surface area contributed by atoms with E-state index in [1.807, 2.05) is 24.3 Å². The Morgan fingerprint density at radius 3 is 1.41 bits per heavy atom. The average Bonchev–Trinajstić information content (AvgIpc) is 2.84. The molecule has 0 amide bonds. The molecule has 0 aliphatic carbocycles. The van der Waals surface area contributed by atoms with Crippen LogP contribution in [0.4, 0.5) is 0 Å². The number of ether oxygens (including phenoxy) is 5. The topological polar surface area (TPSA) is 80.3 Å². The van der Waals surface area contributed by atoms with E-state index in [2.05, 4.69) is 41.5 Å². The van der Waals surface area contributed by atoms with Crippen molar-refractivity contribution in [3.05, 3.63) is 69.8 Å². The molecule has 7 nitrogen and oxygen atoms in total. The van der Waals surface area contributed by atoms with E-state index in [1.54, 1.807) is 12.2 Å². The van der Waals surface area contributed by atoms with Gasteiger partial charge in [-0.2, -0.15) is 0 Å². The van der Waals surface area contributed by atoms with Crippen LogP contribution in [0.5, 0.6) is 11.5 Å². The maximum Gasteiger partial charge on any atom is 0.330 e. The summed E-state index contributed by atoms with van der Waals surface area (Å²) in [5.74, 6) is 0.266. The molecule has 0 aromatic heterocycles. The molecular formula is C30H34O7. The van der Waals surface area contributed by atoms with Crippen molar-refractivity contribution in [1.29, 1.82) is 0 Å². The van der Waals surface area contributed by atoms with Crippen molar-refractivity contribution in [3.63, 3.8) is 0 Å². The molecule has 0 saturated heterocycles. The Bertz CT molecular complexity index is 1190. The summed E-state index contributed by atoms with van der Waals surface area (Å²) < 4.78 is 28.7. The summed E-state index contributed by atoms with van der Waals surface area (Å²) in [4.78, 5) is 23.7. The van der Waals surface area contributed by atoms with Crippen molar-refractivity contribution in [1.82, 2.24) is 0 Å². The molecule has 0 saturated carbocycles. The normalized spacial score (nSPS) is 18.6. The van der Waals surface area contributed by atoms with Crippen molar-refractivity contribution in [3.8, 4) is 11.5 Å².